The number of aliphatic carboxylic acids is 4. The van der Waals surface area contributed by atoms with E-state index in [-0.39, 0.29) is 38.0 Å². The van der Waals surface area contributed by atoms with E-state index in [2.05, 4.69) is 9.80 Å². The molecule has 0 aromatic carbocycles. The molecule has 2 unspecified atom stereocenters. The largest absolute Gasteiger partial charge is 0.481 e. The SMILES string of the molecule is CC1CN(CC(=O)O)CC(C)N1CC(=O)O.O=C(O)CCCN1CCN(CCCC(=O)O)CC1. The molecule has 4 N–H and O–H groups in total. The molecule has 0 radical (unpaired) electrons. The molecule has 12 heteroatoms. The second-order valence-corrected chi connectivity index (χ2v) is 9.03. The highest BCUT2D eigenvalue weighted by Crippen LogP contribution is 2.15. The minimum atomic E-state index is -0.842. The lowest BCUT2D eigenvalue weighted by Crippen LogP contribution is -2.58. The van der Waals surface area contributed by atoms with Crippen LogP contribution in [0.5, 0.6) is 0 Å². The first-order chi connectivity index (χ1) is 16.0. The number of carboxylic acid groups (broad SMARTS) is 4. The third-order valence-electron chi connectivity index (χ3n) is 6.05. The number of hydrogen-bond acceptors (Lipinski definition) is 8. The van der Waals surface area contributed by atoms with Crippen LogP contribution < -0.4 is 0 Å². The predicted octanol–water partition coefficient (Wildman–Crippen LogP) is -0.116. The summed E-state index contributed by atoms with van der Waals surface area (Å²) in [6.07, 6.45) is 1.88. The number of carboxylic acids is 4. The molecule has 2 fully saturated rings. The van der Waals surface area contributed by atoms with E-state index >= 15 is 0 Å². The lowest BCUT2D eigenvalue weighted by Gasteiger charge is -2.43. The summed E-state index contributed by atoms with van der Waals surface area (Å²) in [6, 6.07) is 0.137. The highest BCUT2D eigenvalue weighted by molar-refractivity contribution is 5.70. The smallest absolute Gasteiger partial charge is 0.317 e. The molecule has 2 aliphatic heterocycles. The topological polar surface area (TPSA) is 162 Å². The summed E-state index contributed by atoms with van der Waals surface area (Å²) in [5, 5.41) is 34.6. The Kier molecular flexibility index (Phi) is 13.6. The zero-order valence-corrected chi connectivity index (χ0v) is 20.3. The third kappa shape index (κ3) is 12.8. The van der Waals surface area contributed by atoms with Crippen LogP contribution in [0.3, 0.4) is 0 Å². The van der Waals surface area contributed by atoms with Crippen LogP contribution in [0.25, 0.3) is 0 Å². The van der Waals surface area contributed by atoms with Gasteiger partial charge in [0.05, 0.1) is 13.1 Å². The Morgan fingerprint density at radius 3 is 1.32 bits per heavy atom. The average Bonchev–Trinajstić information content (AvgIpc) is 2.71. The van der Waals surface area contributed by atoms with Crippen molar-refractivity contribution in [2.75, 3.05) is 65.4 Å². The van der Waals surface area contributed by atoms with E-state index in [1.54, 1.807) is 0 Å². The van der Waals surface area contributed by atoms with Crippen LogP contribution in [0.15, 0.2) is 0 Å². The van der Waals surface area contributed by atoms with Crippen molar-refractivity contribution in [2.24, 2.45) is 0 Å². The monoisotopic (exact) mass is 488 g/mol. The highest BCUT2D eigenvalue weighted by atomic mass is 16.4. The van der Waals surface area contributed by atoms with E-state index in [9.17, 15) is 19.2 Å². The Hall–Kier alpha value is -2.28. The zero-order chi connectivity index (χ0) is 25.7. The summed E-state index contributed by atoms with van der Waals surface area (Å²) >= 11 is 0. The van der Waals surface area contributed by atoms with Gasteiger partial charge in [-0.25, -0.2) is 0 Å². The molecule has 0 saturated carbocycles. The van der Waals surface area contributed by atoms with E-state index in [4.69, 9.17) is 20.4 Å². The lowest BCUT2D eigenvalue weighted by molar-refractivity contribution is -0.143. The van der Waals surface area contributed by atoms with E-state index < -0.39 is 23.9 Å². The molecule has 0 amide bonds. The molecule has 2 aliphatic rings. The Morgan fingerprint density at radius 1 is 0.618 bits per heavy atom. The molecule has 0 aromatic rings. The lowest BCUT2D eigenvalue weighted by atomic mass is 10.1. The van der Waals surface area contributed by atoms with Gasteiger partial charge in [0.2, 0.25) is 0 Å². The summed E-state index contributed by atoms with van der Waals surface area (Å²) in [4.78, 5) is 50.3. The molecule has 0 aromatic heterocycles. The molecule has 2 atom stereocenters. The first-order valence-corrected chi connectivity index (χ1v) is 11.8. The van der Waals surface area contributed by atoms with Gasteiger partial charge >= 0.3 is 23.9 Å². The standard InChI is InChI=1S/C12H22N2O4.C10H18N2O4/c15-11(16)3-1-5-13-7-9-14(10-8-13)6-2-4-12(17)18;1-7-3-11(5-9(13)14)4-8(2)12(7)6-10(15)16/h1-10H2,(H,15,16)(H,17,18);7-8H,3-6H2,1-2H3,(H,13,14)(H,15,16). The second-order valence-electron chi connectivity index (χ2n) is 9.03. The van der Waals surface area contributed by atoms with Crippen LogP contribution in [0.4, 0.5) is 0 Å². The van der Waals surface area contributed by atoms with Crippen LogP contribution in [-0.2, 0) is 19.2 Å². The molecule has 196 valence electrons. The average molecular weight is 489 g/mol. The highest BCUT2D eigenvalue weighted by Gasteiger charge is 2.31. The maximum Gasteiger partial charge on any atom is 0.317 e. The molecule has 0 bridgehead atoms. The molecule has 2 heterocycles. The van der Waals surface area contributed by atoms with Gasteiger partial charge in [-0.2, -0.15) is 0 Å². The summed E-state index contributed by atoms with van der Waals surface area (Å²) < 4.78 is 0. The first-order valence-electron chi connectivity index (χ1n) is 11.8. The van der Waals surface area contributed by atoms with Crippen LogP contribution in [-0.4, -0.2) is 141 Å². The molecular formula is C22H40N4O8. The quantitative estimate of drug-likeness (QED) is 0.289. The number of hydrogen-bond donors (Lipinski definition) is 4. The van der Waals surface area contributed by atoms with Crippen LogP contribution >= 0.6 is 0 Å². The van der Waals surface area contributed by atoms with Gasteiger partial charge in [0.1, 0.15) is 0 Å². The second kappa shape index (κ2) is 15.6. The number of rotatable bonds is 12. The van der Waals surface area contributed by atoms with E-state index in [0.29, 0.717) is 25.9 Å². The van der Waals surface area contributed by atoms with Crippen LogP contribution in [0.1, 0.15) is 39.5 Å². The fourth-order valence-electron chi connectivity index (χ4n) is 4.40. The Morgan fingerprint density at radius 2 is 1.00 bits per heavy atom. The van der Waals surface area contributed by atoms with Gasteiger partial charge in [0, 0.05) is 64.2 Å². The Balaban J connectivity index is 0.000000342. The van der Waals surface area contributed by atoms with Crippen molar-refractivity contribution in [2.45, 2.75) is 51.6 Å². The summed E-state index contributed by atoms with van der Waals surface area (Å²) in [5.74, 6) is -3.15. The van der Waals surface area contributed by atoms with Crippen molar-refractivity contribution in [1.82, 2.24) is 19.6 Å². The zero-order valence-electron chi connectivity index (χ0n) is 20.3. The fourth-order valence-corrected chi connectivity index (χ4v) is 4.40. The van der Waals surface area contributed by atoms with Crippen molar-refractivity contribution >= 4 is 23.9 Å². The minimum Gasteiger partial charge on any atom is -0.481 e. The van der Waals surface area contributed by atoms with Gasteiger partial charge < -0.3 is 30.2 Å². The summed E-state index contributed by atoms with van der Waals surface area (Å²) in [6.45, 7) is 10.6. The minimum absolute atomic E-state index is 0.0171. The molecule has 0 spiro atoms. The molecule has 34 heavy (non-hydrogen) atoms. The number of carbonyl (C=O) groups is 4. The van der Waals surface area contributed by atoms with Crippen molar-refractivity contribution < 1.29 is 39.6 Å². The maximum absolute atomic E-state index is 10.7. The molecule has 0 aliphatic carbocycles. The Labute approximate surface area is 200 Å². The number of nitrogens with zero attached hydrogens (tertiary/aromatic N) is 4. The van der Waals surface area contributed by atoms with Crippen molar-refractivity contribution in [1.29, 1.82) is 0 Å². The van der Waals surface area contributed by atoms with Crippen LogP contribution in [0.2, 0.25) is 0 Å². The van der Waals surface area contributed by atoms with Crippen LogP contribution in [0, 0.1) is 0 Å². The predicted molar refractivity (Wildman–Crippen MR) is 124 cm³/mol. The molecular weight excluding hydrogens is 448 g/mol. The van der Waals surface area contributed by atoms with Gasteiger partial charge in [0.15, 0.2) is 0 Å². The maximum atomic E-state index is 10.7. The normalized spacial score (nSPS) is 22.5. The van der Waals surface area contributed by atoms with Gasteiger partial charge in [-0.1, -0.05) is 0 Å². The van der Waals surface area contributed by atoms with E-state index in [0.717, 1.165) is 39.3 Å². The first kappa shape index (κ1) is 29.8. The van der Waals surface area contributed by atoms with E-state index in [1.165, 1.54) is 0 Å². The molecule has 12 nitrogen and oxygen atoms in total. The third-order valence-corrected chi connectivity index (χ3v) is 6.05. The summed E-state index contributed by atoms with van der Waals surface area (Å²) in [7, 11) is 0. The van der Waals surface area contributed by atoms with E-state index in [1.807, 2.05) is 23.6 Å². The Bertz CT molecular complexity index is 629. The molecule has 2 saturated heterocycles. The van der Waals surface area contributed by atoms with Gasteiger partial charge in [0.25, 0.3) is 0 Å². The van der Waals surface area contributed by atoms with Crippen molar-refractivity contribution in [3.8, 4) is 0 Å². The molecule has 2 rings (SSSR count). The number of piperazine rings is 2. The van der Waals surface area contributed by atoms with Gasteiger partial charge in [-0.05, 0) is 39.8 Å². The van der Waals surface area contributed by atoms with Gasteiger partial charge in [-0.3, -0.25) is 29.0 Å². The summed E-state index contributed by atoms with van der Waals surface area (Å²) in [5.41, 5.74) is 0. The fraction of sp³-hybridized carbons (Fsp3) is 0.818. The van der Waals surface area contributed by atoms with Crippen molar-refractivity contribution in [3.63, 3.8) is 0 Å². The van der Waals surface area contributed by atoms with Gasteiger partial charge in [-0.15, -0.1) is 0 Å². The van der Waals surface area contributed by atoms with Crippen molar-refractivity contribution in [3.05, 3.63) is 0 Å².